The van der Waals surface area contributed by atoms with Gasteiger partial charge in [0.05, 0.1) is 4.92 Å². The highest BCUT2D eigenvalue weighted by molar-refractivity contribution is 8.00. The SMILES string of the molecule is Cc1ccc2c(COC(=O)[C@@H](C)Sc3ccc([N+](=O)[O-])cc3)cc(=O)oc2c1C. The molecule has 0 unspecified atom stereocenters. The van der Waals surface area contributed by atoms with E-state index in [0.29, 0.717) is 11.1 Å². The molecule has 0 fully saturated rings. The minimum absolute atomic E-state index is 0.00935. The molecule has 8 heteroatoms. The van der Waals surface area contributed by atoms with Crippen LogP contribution in [0.15, 0.2) is 56.6 Å². The predicted molar refractivity (Wildman–Crippen MR) is 110 cm³/mol. The van der Waals surface area contributed by atoms with Crippen LogP contribution < -0.4 is 5.63 Å². The molecule has 0 saturated carbocycles. The molecule has 0 aliphatic carbocycles. The van der Waals surface area contributed by atoms with E-state index in [4.69, 9.17) is 9.15 Å². The lowest BCUT2D eigenvalue weighted by molar-refractivity contribution is -0.384. The number of carbonyl (C=O) groups excluding carboxylic acids is 1. The third-order valence-corrected chi connectivity index (χ3v) is 5.67. The van der Waals surface area contributed by atoms with Gasteiger partial charge in [0, 0.05) is 34.0 Å². The fraction of sp³-hybridized carbons (Fsp3) is 0.238. The molecular weight excluding hydrogens is 394 g/mol. The first kappa shape index (κ1) is 20.6. The summed E-state index contributed by atoms with van der Waals surface area (Å²) in [6.07, 6.45) is 0. The highest BCUT2D eigenvalue weighted by Crippen LogP contribution is 2.27. The number of esters is 1. The topological polar surface area (TPSA) is 99.6 Å². The Bertz CT molecular complexity index is 1140. The summed E-state index contributed by atoms with van der Waals surface area (Å²) in [6, 6.07) is 11.1. The maximum Gasteiger partial charge on any atom is 0.336 e. The Hall–Kier alpha value is -3.13. The lowest BCUT2D eigenvalue weighted by Gasteiger charge is -2.13. The first-order valence-electron chi connectivity index (χ1n) is 8.87. The molecule has 0 radical (unpaired) electrons. The summed E-state index contributed by atoms with van der Waals surface area (Å²) >= 11 is 1.24. The quantitative estimate of drug-likeness (QED) is 0.192. The van der Waals surface area contributed by atoms with Crippen LogP contribution in [0.1, 0.15) is 23.6 Å². The zero-order valence-corrected chi connectivity index (χ0v) is 16.9. The van der Waals surface area contributed by atoms with Crippen LogP contribution in [0.2, 0.25) is 0 Å². The second kappa shape index (κ2) is 8.48. The number of nitro benzene ring substituents is 1. The van der Waals surface area contributed by atoms with Crippen molar-refractivity contribution in [2.24, 2.45) is 0 Å². The van der Waals surface area contributed by atoms with Gasteiger partial charge in [-0.1, -0.05) is 12.1 Å². The molecule has 3 aromatic rings. The second-order valence-corrected chi connectivity index (χ2v) is 8.01. The molecule has 0 amide bonds. The number of nitrogens with zero attached hydrogens (tertiary/aromatic N) is 1. The van der Waals surface area contributed by atoms with Gasteiger partial charge in [-0.15, -0.1) is 11.8 Å². The Morgan fingerprint density at radius 1 is 1.21 bits per heavy atom. The molecule has 7 nitrogen and oxygen atoms in total. The number of ether oxygens (including phenoxy) is 1. The van der Waals surface area contributed by atoms with Crippen LogP contribution >= 0.6 is 11.8 Å². The molecule has 3 rings (SSSR count). The van der Waals surface area contributed by atoms with Crippen molar-refractivity contribution in [3.05, 3.63) is 79.7 Å². The van der Waals surface area contributed by atoms with Crippen LogP contribution in [0.25, 0.3) is 11.0 Å². The number of rotatable bonds is 6. The molecule has 1 heterocycles. The van der Waals surface area contributed by atoms with E-state index in [1.165, 1.54) is 30.0 Å². The third kappa shape index (κ3) is 4.65. The fourth-order valence-electron chi connectivity index (χ4n) is 2.81. The van der Waals surface area contributed by atoms with E-state index >= 15 is 0 Å². The number of aryl methyl sites for hydroxylation is 2. The van der Waals surface area contributed by atoms with Crippen molar-refractivity contribution in [3.63, 3.8) is 0 Å². The van der Waals surface area contributed by atoms with Crippen molar-refractivity contribution in [2.45, 2.75) is 37.5 Å². The van der Waals surface area contributed by atoms with Crippen molar-refractivity contribution in [2.75, 3.05) is 0 Å². The monoisotopic (exact) mass is 413 g/mol. The maximum absolute atomic E-state index is 12.4. The van der Waals surface area contributed by atoms with Crippen molar-refractivity contribution in [1.29, 1.82) is 0 Å². The lowest BCUT2D eigenvalue weighted by atomic mass is 10.0. The number of thioether (sulfide) groups is 1. The van der Waals surface area contributed by atoms with Gasteiger partial charge in [0.2, 0.25) is 0 Å². The molecule has 0 spiro atoms. The van der Waals surface area contributed by atoms with E-state index in [-0.39, 0.29) is 12.3 Å². The normalized spacial score (nSPS) is 12.0. The molecule has 0 aliphatic heterocycles. The largest absolute Gasteiger partial charge is 0.460 e. The van der Waals surface area contributed by atoms with Crippen LogP contribution in [-0.2, 0) is 16.1 Å². The first-order chi connectivity index (χ1) is 13.8. The second-order valence-electron chi connectivity index (χ2n) is 6.59. The van der Waals surface area contributed by atoms with Crippen molar-refractivity contribution in [1.82, 2.24) is 0 Å². The van der Waals surface area contributed by atoms with Gasteiger partial charge in [0.1, 0.15) is 17.4 Å². The number of hydrogen-bond acceptors (Lipinski definition) is 7. The number of hydrogen-bond donors (Lipinski definition) is 0. The number of fused-ring (bicyclic) bond motifs is 1. The van der Waals surface area contributed by atoms with Crippen molar-refractivity contribution < 1.29 is 18.9 Å². The number of non-ortho nitro benzene ring substituents is 1. The van der Waals surface area contributed by atoms with Crippen LogP contribution in [0.5, 0.6) is 0 Å². The summed E-state index contributed by atoms with van der Waals surface area (Å²) < 4.78 is 10.7. The Kier molecular flexibility index (Phi) is 6.03. The number of nitro groups is 1. The zero-order chi connectivity index (χ0) is 21.1. The third-order valence-electron chi connectivity index (χ3n) is 4.58. The summed E-state index contributed by atoms with van der Waals surface area (Å²) in [4.78, 5) is 35.2. The standard InChI is InChI=1S/C21H19NO6S/c1-12-4-9-18-15(10-19(23)28-20(18)13(12)2)11-27-21(24)14(3)29-17-7-5-16(6-8-17)22(25)26/h4-10,14H,11H2,1-3H3/t14-/m1/s1. The van der Waals surface area contributed by atoms with E-state index < -0.39 is 21.8 Å². The molecule has 0 aliphatic rings. The molecule has 150 valence electrons. The van der Waals surface area contributed by atoms with Gasteiger partial charge in [-0.3, -0.25) is 14.9 Å². The van der Waals surface area contributed by atoms with Crippen molar-refractivity contribution in [3.8, 4) is 0 Å². The fourth-order valence-corrected chi connectivity index (χ4v) is 3.67. The Morgan fingerprint density at radius 2 is 1.90 bits per heavy atom. The van der Waals surface area contributed by atoms with Crippen LogP contribution in [0, 0.1) is 24.0 Å². The average molecular weight is 413 g/mol. The van der Waals surface area contributed by atoms with E-state index in [1.54, 1.807) is 19.1 Å². The van der Waals surface area contributed by atoms with Crippen LogP contribution in [0.3, 0.4) is 0 Å². The van der Waals surface area contributed by atoms with Crippen molar-refractivity contribution >= 4 is 34.4 Å². The van der Waals surface area contributed by atoms with Crippen LogP contribution in [-0.4, -0.2) is 16.1 Å². The van der Waals surface area contributed by atoms with Gasteiger partial charge in [0.25, 0.3) is 5.69 Å². The van der Waals surface area contributed by atoms with Gasteiger partial charge in [-0.05, 0) is 44.0 Å². The lowest BCUT2D eigenvalue weighted by Crippen LogP contribution is -2.17. The summed E-state index contributed by atoms with van der Waals surface area (Å²) in [5.74, 6) is -0.446. The highest BCUT2D eigenvalue weighted by atomic mass is 32.2. The molecule has 2 aromatic carbocycles. The summed E-state index contributed by atoms with van der Waals surface area (Å²) in [7, 11) is 0. The molecule has 1 atom stereocenters. The van der Waals surface area contributed by atoms with Crippen LogP contribution in [0.4, 0.5) is 5.69 Å². The summed E-state index contributed by atoms with van der Waals surface area (Å²) in [6.45, 7) is 5.45. The number of carbonyl (C=O) groups is 1. The summed E-state index contributed by atoms with van der Waals surface area (Å²) in [5, 5.41) is 10.9. The zero-order valence-electron chi connectivity index (χ0n) is 16.1. The molecule has 0 bridgehead atoms. The van der Waals surface area contributed by atoms with E-state index in [0.717, 1.165) is 21.4 Å². The van der Waals surface area contributed by atoms with Gasteiger partial charge in [0.15, 0.2) is 0 Å². The van der Waals surface area contributed by atoms with Gasteiger partial charge < -0.3 is 9.15 Å². The predicted octanol–water partition coefficient (Wildman–Crippen LogP) is 4.54. The number of benzene rings is 2. The highest BCUT2D eigenvalue weighted by Gasteiger charge is 2.18. The minimum atomic E-state index is -0.521. The smallest absolute Gasteiger partial charge is 0.336 e. The van der Waals surface area contributed by atoms with E-state index in [2.05, 4.69) is 0 Å². The van der Waals surface area contributed by atoms with E-state index in [1.807, 2.05) is 26.0 Å². The Morgan fingerprint density at radius 3 is 2.55 bits per heavy atom. The summed E-state index contributed by atoms with van der Waals surface area (Å²) in [5.41, 5.74) is 2.45. The minimum Gasteiger partial charge on any atom is -0.460 e. The molecule has 0 saturated heterocycles. The molecule has 0 N–H and O–H groups in total. The van der Waals surface area contributed by atoms with E-state index in [9.17, 15) is 19.7 Å². The van der Waals surface area contributed by atoms with Gasteiger partial charge >= 0.3 is 11.6 Å². The molecule has 29 heavy (non-hydrogen) atoms. The Labute approximate surface area is 170 Å². The maximum atomic E-state index is 12.4. The average Bonchev–Trinajstić information content (AvgIpc) is 2.69. The van der Waals surface area contributed by atoms with Gasteiger partial charge in [-0.25, -0.2) is 4.79 Å². The Balaban J connectivity index is 1.71. The molecular formula is C21H19NO6S. The van der Waals surface area contributed by atoms with Gasteiger partial charge in [-0.2, -0.15) is 0 Å². The first-order valence-corrected chi connectivity index (χ1v) is 9.75. The molecule has 1 aromatic heterocycles.